The van der Waals surface area contributed by atoms with Crippen LogP contribution < -0.4 is 0 Å². The van der Waals surface area contributed by atoms with Gasteiger partial charge in [-0.1, -0.05) is 18.2 Å². The standard InChI is InChI=1S/C11H14BNO5/c1-8-12(17-7-16-2)11(18-8)9-5-3-4-6-10(9)13(14)15/h3-6,8,11H,7H2,1-2H3. The average Bonchev–Trinajstić information content (AvgIpc) is 2.36. The summed E-state index contributed by atoms with van der Waals surface area (Å²) in [7, 11) is 1.53. The Balaban J connectivity index is 2.19. The van der Waals surface area contributed by atoms with E-state index in [0.717, 1.165) is 0 Å². The fourth-order valence-corrected chi connectivity index (χ4v) is 2.06. The monoisotopic (exact) mass is 251 g/mol. The van der Waals surface area contributed by atoms with E-state index in [1.807, 2.05) is 6.92 Å². The fraction of sp³-hybridized carbons (Fsp3) is 0.455. The lowest BCUT2D eigenvalue weighted by atomic mass is 9.50. The van der Waals surface area contributed by atoms with Gasteiger partial charge >= 0.3 is 6.92 Å². The SMILES string of the molecule is COCOB1C(C)OC1c1ccccc1[N+](=O)[O-]. The summed E-state index contributed by atoms with van der Waals surface area (Å²) in [5.74, 6) is 0. The van der Waals surface area contributed by atoms with Gasteiger partial charge in [0.2, 0.25) is 0 Å². The maximum Gasteiger partial charge on any atom is 0.359 e. The normalized spacial score (nSPS) is 22.7. The number of hydrogen-bond acceptors (Lipinski definition) is 5. The molecule has 1 fully saturated rings. The topological polar surface area (TPSA) is 70.8 Å². The molecule has 1 aliphatic heterocycles. The molecule has 7 heteroatoms. The van der Waals surface area contributed by atoms with Crippen molar-refractivity contribution in [2.24, 2.45) is 0 Å². The second kappa shape index (κ2) is 5.47. The van der Waals surface area contributed by atoms with E-state index in [-0.39, 0.29) is 25.4 Å². The molecule has 18 heavy (non-hydrogen) atoms. The van der Waals surface area contributed by atoms with Gasteiger partial charge in [0.05, 0.1) is 22.5 Å². The molecule has 0 amide bonds. The predicted octanol–water partition coefficient (Wildman–Crippen LogP) is 1.75. The minimum atomic E-state index is -0.408. The number of hydrogen-bond donors (Lipinski definition) is 0. The first kappa shape index (κ1) is 13.0. The van der Waals surface area contributed by atoms with Gasteiger partial charge < -0.3 is 14.1 Å². The number of rotatable bonds is 5. The molecule has 2 rings (SSSR count). The predicted molar refractivity (Wildman–Crippen MR) is 65.1 cm³/mol. The van der Waals surface area contributed by atoms with Gasteiger partial charge in [0.1, 0.15) is 6.79 Å². The van der Waals surface area contributed by atoms with Crippen molar-refractivity contribution in [2.75, 3.05) is 13.9 Å². The molecule has 1 saturated heterocycles. The van der Waals surface area contributed by atoms with Gasteiger partial charge in [0.15, 0.2) is 0 Å². The van der Waals surface area contributed by atoms with Crippen LogP contribution in [0.1, 0.15) is 18.5 Å². The van der Waals surface area contributed by atoms with E-state index in [4.69, 9.17) is 14.1 Å². The van der Waals surface area contributed by atoms with Crippen LogP contribution in [0.25, 0.3) is 0 Å². The van der Waals surface area contributed by atoms with Crippen LogP contribution in [-0.4, -0.2) is 31.7 Å². The van der Waals surface area contributed by atoms with Crippen molar-refractivity contribution in [3.63, 3.8) is 0 Å². The summed E-state index contributed by atoms with van der Waals surface area (Å²) in [6.07, 6.45) is 0. The van der Waals surface area contributed by atoms with E-state index in [9.17, 15) is 10.1 Å². The molecular formula is C11H14BNO5. The van der Waals surface area contributed by atoms with Crippen molar-refractivity contribution in [3.8, 4) is 0 Å². The van der Waals surface area contributed by atoms with Crippen LogP contribution in [0.3, 0.4) is 0 Å². The minimum absolute atomic E-state index is 0.0559. The zero-order valence-corrected chi connectivity index (χ0v) is 10.2. The van der Waals surface area contributed by atoms with Crippen LogP contribution in [0.5, 0.6) is 0 Å². The van der Waals surface area contributed by atoms with Crippen molar-refractivity contribution >= 4 is 12.6 Å². The molecule has 0 N–H and O–H groups in total. The number of benzene rings is 1. The minimum Gasteiger partial charge on any atom is -0.408 e. The first-order chi connectivity index (χ1) is 8.65. The summed E-state index contributed by atoms with van der Waals surface area (Å²) < 4.78 is 15.9. The Morgan fingerprint density at radius 3 is 2.83 bits per heavy atom. The van der Waals surface area contributed by atoms with Crippen molar-refractivity contribution < 1.29 is 19.1 Å². The number of ether oxygens (including phenoxy) is 2. The molecule has 1 aromatic rings. The van der Waals surface area contributed by atoms with Crippen molar-refractivity contribution in [1.29, 1.82) is 0 Å². The maximum atomic E-state index is 11.0. The van der Waals surface area contributed by atoms with E-state index in [2.05, 4.69) is 0 Å². The van der Waals surface area contributed by atoms with Crippen LogP contribution in [0.2, 0.25) is 0 Å². The van der Waals surface area contributed by atoms with Gasteiger partial charge in [-0.25, -0.2) is 0 Å². The van der Waals surface area contributed by atoms with Crippen LogP contribution in [0, 0.1) is 10.1 Å². The molecule has 6 nitrogen and oxygen atoms in total. The molecule has 2 unspecified atom stereocenters. The Bertz CT molecular complexity index is 441. The largest absolute Gasteiger partial charge is 0.408 e. The molecule has 1 aliphatic rings. The van der Waals surface area contributed by atoms with E-state index in [1.54, 1.807) is 18.2 Å². The van der Waals surface area contributed by atoms with Crippen molar-refractivity contribution in [3.05, 3.63) is 39.9 Å². The maximum absolute atomic E-state index is 11.0. The lowest BCUT2D eigenvalue weighted by Gasteiger charge is -2.39. The van der Waals surface area contributed by atoms with Crippen LogP contribution in [0.4, 0.5) is 5.69 Å². The number of nitrogens with zero attached hydrogens (tertiary/aromatic N) is 1. The molecule has 0 spiro atoms. The highest BCUT2D eigenvalue weighted by Gasteiger charge is 2.48. The van der Waals surface area contributed by atoms with E-state index < -0.39 is 10.9 Å². The van der Waals surface area contributed by atoms with Gasteiger partial charge in [-0.3, -0.25) is 10.1 Å². The number of nitro groups is 1. The lowest BCUT2D eigenvalue weighted by Crippen LogP contribution is -2.52. The number of methoxy groups -OCH3 is 1. The Hall–Kier alpha value is -1.44. The third-order valence-corrected chi connectivity index (χ3v) is 2.94. The second-order valence-corrected chi connectivity index (χ2v) is 4.12. The summed E-state index contributed by atoms with van der Waals surface area (Å²) in [6, 6.07) is 6.05. The van der Waals surface area contributed by atoms with Crippen LogP contribution in [0.15, 0.2) is 24.3 Å². The highest BCUT2D eigenvalue weighted by Crippen LogP contribution is 2.38. The van der Waals surface area contributed by atoms with Gasteiger partial charge in [-0.2, -0.15) is 0 Å². The molecule has 96 valence electrons. The van der Waals surface area contributed by atoms with Crippen LogP contribution >= 0.6 is 0 Å². The summed E-state index contributed by atoms with van der Waals surface area (Å²) in [4.78, 5) is 10.5. The highest BCUT2D eigenvalue weighted by molar-refractivity contribution is 6.57. The van der Waals surface area contributed by atoms with Gasteiger partial charge in [0.25, 0.3) is 5.69 Å². The van der Waals surface area contributed by atoms with Crippen LogP contribution in [-0.2, 0) is 14.1 Å². The Morgan fingerprint density at radius 2 is 2.22 bits per heavy atom. The molecule has 1 heterocycles. The molecule has 0 saturated carbocycles. The number of nitro benzene ring substituents is 1. The first-order valence-corrected chi connectivity index (χ1v) is 5.64. The fourth-order valence-electron chi connectivity index (χ4n) is 2.06. The van der Waals surface area contributed by atoms with Gasteiger partial charge in [-0.15, -0.1) is 0 Å². The highest BCUT2D eigenvalue weighted by atomic mass is 16.7. The van der Waals surface area contributed by atoms with E-state index in [0.29, 0.717) is 5.56 Å². The van der Waals surface area contributed by atoms with Crippen molar-refractivity contribution in [1.82, 2.24) is 0 Å². The van der Waals surface area contributed by atoms with Crippen molar-refractivity contribution in [2.45, 2.75) is 18.9 Å². The molecule has 0 aliphatic carbocycles. The Kier molecular flexibility index (Phi) is 3.95. The molecule has 0 aromatic heterocycles. The zero-order chi connectivity index (χ0) is 13.1. The summed E-state index contributed by atoms with van der Waals surface area (Å²) in [5.41, 5.74) is 0.599. The van der Waals surface area contributed by atoms with E-state index >= 15 is 0 Å². The third-order valence-electron chi connectivity index (χ3n) is 2.94. The van der Waals surface area contributed by atoms with E-state index in [1.165, 1.54) is 13.2 Å². The van der Waals surface area contributed by atoms with Gasteiger partial charge in [0, 0.05) is 13.2 Å². The summed E-state index contributed by atoms with van der Waals surface area (Å²) in [6.45, 7) is 1.80. The molecule has 0 radical (unpaired) electrons. The molecule has 0 bridgehead atoms. The molecular weight excluding hydrogens is 237 g/mol. The molecule has 1 aromatic carbocycles. The second-order valence-electron chi connectivity index (χ2n) is 4.12. The third kappa shape index (κ3) is 2.38. The zero-order valence-electron chi connectivity index (χ0n) is 10.2. The molecule has 2 atom stereocenters. The summed E-state index contributed by atoms with van der Waals surface area (Å²) in [5, 5.41) is 11.0. The van der Waals surface area contributed by atoms with Gasteiger partial charge in [-0.05, 0) is 6.92 Å². The first-order valence-electron chi connectivity index (χ1n) is 5.64. The quantitative estimate of drug-likeness (QED) is 0.345. The Morgan fingerprint density at radius 1 is 1.50 bits per heavy atom. The average molecular weight is 251 g/mol. The smallest absolute Gasteiger partial charge is 0.359 e. The number of para-hydroxylation sites is 1. The Labute approximate surface area is 105 Å². The lowest BCUT2D eigenvalue weighted by molar-refractivity contribution is -0.386. The summed E-state index contributed by atoms with van der Waals surface area (Å²) >= 11 is 0.